The molecule has 1 aromatic heterocycles. The van der Waals surface area contributed by atoms with Crippen LogP contribution in [0.1, 0.15) is 22.8 Å². The highest BCUT2D eigenvalue weighted by molar-refractivity contribution is 7.92. The summed E-state index contributed by atoms with van der Waals surface area (Å²) in [6, 6.07) is 6.81. The number of nitrogens with one attached hydrogen (secondary N) is 2. The van der Waals surface area contributed by atoms with Crippen molar-refractivity contribution in [2.24, 2.45) is 0 Å². The van der Waals surface area contributed by atoms with E-state index in [0.717, 1.165) is 11.8 Å². The van der Waals surface area contributed by atoms with E-state index in [1.54, 1.807) is 31.2 Å². The number of H-pyrrole nitrogens is 1. The van der Waals surface area contributed by atoms with Crippen LogP contribution >= 0.6 is 0 Å². The van der Waals surface area contributed by atoms with Crippen LogP contribution < -0.4 is 4.72 Å². The van der Waals surface area contributed by atoms with Gasteiger partial charge in [-0.25, -0.2) is 4.79 Å². The van der Waals surface area contributed by atoms with Gasteiger partial charge in [0.25, 0.3) is 10.0 Å². The fraction of sp³-hybridized carbons (Fsp3) is 0.231. The third-order valence-corrected chi connectivity index (χ3v) is 4.03. The van der Waals surface area contributed by atoms with Crippen LogP contribution in [0.4, 0.5) is 5.69 Å². The zero-order chi connectivity index (χ0) is 15.5. The largest absolute Gasteiger partial charge is 0.462 e. The average Bonchev–Trinajstić information content (AvgIpc) is 2.92. The Labute approximate surface area is 122 Å². The first-order valence-corrected chi connectivity index (χ1v) is 7.72. The molecule has 7 nitrogen and oxygen atoms in total. The Bertz CT molecular complexity index is 735. The number of aromatic nitrogens is 2. The van der Waals surface area contributed by atoms with E-state index in [0.29, 0.717) is 5.69 Å². The molecule has 21 heavy (non-hydrogen) atoms. The lowest BCUT2D eigenvalue weighted by Gasteiger charge is -2.08. The van der Waals surface area contributed by atoms with E-state index in [1.165, 1.54) is 0 Å². The summed E-state index contributed by atoms with van der Waals surface area (Å²) in [5.41, 5.74) is 1.27. The zero-order valence-corrected chi connectivity index (χ0v) is 12.4. The third kappa shape index (κ3) is 3.40. The van der Waals surface area contributed by atoms with Gasteiger partial charge in [0, 0.05) is 5.69 Å². The van der Waals surface area contributed by atoms with Gasteiger partial charge in [0.15, 0.2) is 5.03 Å². The second-order valence-electron chi connectivity index (χ2n) is 4.30. The van der Waals surface area contributed by atoms with E-state index in [4.69, 9.17) is 4.74 Å². The van der Waals surface area contributed by atoms with Gasteiger partial charge in [-0.2, -0.15) is 13.5 Å². The number of nitrogens with zero attached hydrogens (tertiary/aromatic N) is 1. The summed E-state index contributed by atoms with van der Waals surface area (Å²) >= 11 is 0. The number of anilines is 1. The highest BCUT2D eigenvalue weighted by Gasteiger charge is 2.25. The average molecular weight is 309 g/mol. The Morgan fingerprint density at radius 3 is 2.62 bits per heavy atom. The summed E-state index contributed by atoms with van der Waals surface area (Å²) in [6.07, 6.45) is 1.13. The first-order valence-electron chi connectivity index (χ1n) is 6.24. The minimum Gasteiger partial charge on any atom is -0.462 e. The summed E-state index contributed by atoms with van der Waals surface area (Å²) in [7, 11) is -3.95. The van der Waals surface area contributed by atoms with Crippen LogP contribution in [0.15, 0.2) is 35.5 Å². The number of rotatable bonds is 5. The van der Waals surface area contributed by atoms with Crippen LogP contribution in [0.5, 0.6) is 0 Å². The maximum Gasteiger partial charge on any atom is 0.342 e. The van der Waals surface area contributed by atoms with Crippen molar-refractivity contribution < 1.29 is 17.9 Å². The summed E-state index contributed by atoms with van der Waals surface area (Å²) in [5.74, 6) is -0.740. The van der Waals surface area contributed by atoms with Crippen molar-refractivity contribution in [3.8, 4) is 0 Å². The van der Waals surface area contributed by atoms with Gasteiger partial charge in [-0.1, -0.05) is 17.7 Å². The van der Waals surface area contributed by atoms with Gasteiger partial charge in [0.05, 0.1) is 12.8 Å². The van der Waals surface area contributed by atoms with Crippen LogP contribution in [0.25, 0.3) is 0 Å². The van der Waals surface area contributed by atoms with Crippen molar-refractivity contribution in [3.63, 3.8) is 0 Å². The monoisotopic (exact) mass is 309 g/mol. The molecule has 0 aliphatic heterocycles. The molecule has 2 N–H and O–H groups in total. The normalized spacial score (nSPS) is 11.1. The molecule has 0 bridgehead atoms. The number of esters is 1. The first kappa shape index (κ1) is 15.0. The van der Waals surface area contributed by atoms with E-state index < -0.39 is 16.0 Å². The molecule has 2 aromatic rings. The summed E-state index contributed by atoms with van der Waals surface area (Å²) in [4.78, 5) is 11.7. The van der Waals surface area contributed by atoms with Crippen molar-refractivity contribution in [1.82, 2.24) is 10.2 Å². The topological polar surface area (TPSA) is 101 Å². The van der Waals surface area contributed by atoms with Crippen LogP contribution in [-0.2, 0) is 14.8 Å². The van der Waals surface area contributed by atoms with Crippen LogP contribution in [0, 0.1) is 6.92 Å². The number of hydrogen-bond acceptors (Lipinski definition) is 5. The van der Waals surface area contributed by atoms with Gasteiger partial charge >= 0.3 is 5.97 Å². The first-order chi connectivity index (χ1) is 9.94. The number of benzene rings is 1. The Morgan fingerprint density at radius 2 is 2.00 bits per heavy atom. The molecule has 0 radical (unpaired) electrons. The van der Waals surface area contributed by atoms with E-state index in [2.05, 4.69) is 14.9 Å². The molecule has 0 aliphatic rings. The molecule has 2 rings (SSSR count). The molecule has 0 atom stereocenters. The molecule has 1 aromatic carbocycles. The number of sulfonamides is 1. The van der Waals surface area contributed by atoms with Gasteiger partial charge in [0.2, 0.25) is 0 Å². The van der Waals surface area contributed by atoms with Crippen molar-refractivity contribution in [1.29, 1.82) is 0 Å². The summed E-state index contributed by atoms with van der Waals surface area (Å²) in [5, 5.41) is 5.60. The second kappa shape index (κ2) is 5.96. The lowest BCUT2D eigenvalue weighted by Crippen LogP contribution is -2.17. The van der Waals surface area contributed by atoms with E-state index >= 15 is 0 Å². The van der Waals surface area contributed by atoms with Crippen molar-refractivity contribution in [2.75, 3.05) is 11.3 Å². The zero-order valence-electron chi connectivity index (χ0n) is 11.6. The molecule has 0 fully saturated rings. The number of aryl methyl sites for hydroxylation is 1. The van der Waals surface area contributed by atoms with E-state index in [-0.39, 0.29) is 17.2 Å². The minimum absolute atomic E-state index is 0.128. The van der Waals surface area contributed by atoms with Gasteiger partial charge in [-0.05, 0) is 26.0 Å². The van der Waals surface area contributed by atoms with Gasteiger partial charge in [-0.3, -0.25) is 9.82 Å². The van der Waals surface area contributed by atoms with E-state index in [1.807, 2.05) is 6.92 Å². The molecule has 112 valence electrons. The number of carbonyl (C=O) groups is 1. The minimum atomic E-state index is -3.95. The number of hydrogen-bond donors (Lipinski definition) is 2. The fourth-order valence-corrected chi connectivity index (χ4v) is 2.81. The molecule has 0 amide bonds. The molecule has 1 heterocycles. The van der Waals surface area contributed by atoms with Gasteiger partial charge in [0.1, 0.15) is 5.56 Å². The fourth-order valence-electron chi connectivity index (χ4n) is 1.66. The molecule has 8 heteroatoms. The van der Waals surface area contributed by atoms with Gasteiger partial charge < -0.3 is 4.74 Å². The second-order valence-corrected chi connectivity index (χ2v) is 5.92. The van der Waals surface area contributed by atoms with E-state index in [9.17, 15) is 13.2 Å². The predicted octanol–water partition coefficient (Wildman–Crippen LogP) is 1.70. The predicted molar refractivity (Wildman–Crippen MR) is 76.5 cm³/mol. The smallest absolute Gasteiger partial charge is 0.342 e. The standard InChI is InChI=1S/C13H15N3O4S/c1-3-20-13(17)11-8-14-15-12(11)21(18,19)16-10-6-4-9(2)5-7-10/h4-8,16H,3H2,1-2H3,(H,14,15). The summed E-state index contributed by atoms with van der Waals surface area (Å²) in [6.45, 7) is 3.68. The Hall–Kier alpha value is -2.35. The molecule has 0 saturated carbocycles. The maximum absolute atomic E-state index is 12.3. The number of carbonyl (C=O) groups excluding carboxylic acids is 1. The highest BCUT2D eigenvalue weighted by atomic mass is 32.2. The Morgan fingerprint density at radius 1 is 1.33 bits per heavy atom. The van der Waals surface area contributed by atoms with Crippen LogP contribution in [0.2, 0.25) is 0 Å². The highest BCUT2D eigenvalue weighted by Crippen LogP contribution is 2.18. The van der Waals surface area contributed by atoms with Gasteiger partial charge in [-0.15, -0.1) is 0 Å². The van der Waals surface area contributed by atoms with Crippen molar-refractivity contribution in [3.05, 3.63) is 41.6 Å². The number of ether oxygens (including phenoxy) is 1. The van der Waals surface area contributed by atoms with Crippen LogP contribution in [0.3, 0.4) is 0 Å². The third-order valence-electron chi connectivity index (χ3n) is 2.67. The Balaban J connectivity index is 2.30. The quantitative estimate of drug-likeness (QED) is 0.819. The van der Waals surface area contributed by atoms with Crippen molar-refractivity contribution >= 4 is 21.7 Å². The molecular formula is C13H15N3O4S. The lowest BCUT2D eigenvalue weighted by molar-refractivity contribution is 0.0522. The SMILES string of the molecule is CCOC(=O)c1cn[nH]c1S(=O)(=O)Nc1ccc(C)cc1. The lowest BCUT2D eigenvalue weighted by atomic mass is 10.2. The summed E-state index contributed by atoms with van der Waals surface area (Å²) < 4.78 is 31.7. The number of aromatic amines is 1. The molecule has 0 aliphatic carbocycles. The molecule has 0 saturated heterocycles. The molecular weight excluding hydrogens is 294 g/mol. The molecule has 0 spiro atoms. The Kier molecular flexibility index (Phi) is 4.27. The maximum atomic E-state index is 12.3. The van der Waals surface area contributed by atoms with Crippen LogP contribution in [-0.4, -0.2) is 31.2 Å². The van der Waals surface area contributed by atoms with Crippen molar-refractivity contribution in [2.45, 2.75) is 18.9 Å². The molecule has 0 unspecified atom stereocenters.